The summed E-state index contributed by atoms with van der Waals surface area (Å²) in [5.41, 5.74) is 8.76. The first kappa shape index (κ1) is 22.4. The molecule has 0 fully saturated rings. The maximum Gasteiger partial charge on any atom is 0.0979 e. The van der Waals surface area contributed by atoms with Crippen molar-refractivity contribution < 1.29 is 0 Å². The topological polar surface area (TPSA) is 25.8 Å². The van der Waals surface area contributed by atoms with Crippen molar-refractivity contribution in [3.63, 3.8) is 0 Å². The second-order valence-corrected chi connectivity index (χ2v) is 11.5. The van der Waals surface area contributed by atoms with Gasteiger partial charge in [-0.15, -0.1) is 11.3 Å². The maximum atomic E-state index is 5.20. The Balaban J connectivity index is 1.26. The Morgan fingerprint density at radius 3 is 1.90 bits per heavy atom. The molecule has 0 N–H and O–H groups in total. The highest BCUT2D eigenvalue weighted by Crippen LogP contribution is 2.38. The minimum atomic E-state index is 0.892. The van der Waals surface area contributed by atoms with Crippen LogP contribution < -0.4 is 0 Å². The van der Waals surface area contributed by atoms with E-state index in [2.05, 4.69) is 117 Å². The molecule has 6 aromatic carbocycles. The first-order valence-corrected chi connectivity index (χ1v) is 14.1. The minimum Gasteiger partial charge on any atom is -0.252 e. The van der Waals surface area contributed by atoms with E-state index in [0.717, 1.165) is 33.1 Å². The summed E-state index contributed by atoms with van der Waals surface area (Å²) in [6.07, 6.45) is 1.92. The molecular weight excluding hydrogens is 492 g/mol. The second-order valence-electron chi connectivity index (χ2n) is 10.4. The standard InChI is InChI=1S/C36H24N2S/c1-21-7-14-26-27-15-8-22(2)18-31(27)36-35(30(26)17-21)37-20-32(38-36)24-11-9-23(10-12-24)25-13-16-34-29(19-25)28-5-3-4-6-33(28)39-34/h3-20H,1-2H3. The van der Waals surface area contributed by atoms with Crippen LogP contribution in [-0.4, -0.2) is 9.97 Å². The number of rotatable bonds is 2. The zero-order valence-corrected chi connectivity index (χ0v) is 22.5. The van der Waals surface area contributed by atoms with Gasteiger partial charge in [-0.05, 0) is 66.1 Å². The highest BCUT2D eigenvalue weighted by molar-refractivity contribution is 7.25. The molecule has 2 heterocycles. The van der Waals surface area contributed by atoms with Crippen LogP contribution in [0.5, 0.6) is 0 Å². The predicted octanol–water partition coefficient (Wildman–Crippen LogP) is 10.3. The van der Waals surface area contributed by atoms with E-state index in [0.29, 0.717) is 0 Å². The fraction of sp³-hybridized carbons (Fsp3) is 0.0556. The van der Waals surface area contributed by atoms with Gasteiger partial charge in [0.05, 0.1) is 22.9 Å². The summed E-state index contributed by atoms with van der Waals surface area (Å²) in [5, 5.41) is 7.41. The lowest BCUT2D eigenvalue weighted by Crippen LogP contribution is -1.93. The summed E-state index contributed by atoms with van der Waals surface area (Å²) in [6.45, 7) is 4.27. The van der Waals surface area contributed by atoms with E-state index in [1.54, 1.807) is 0 Å². The Morgan fingerprint density at radius 2 is 1.13 bits per heavy atom. The molecule has 0 spiro atoms. The number of benzene rings is 6. The molecule has 2 aromatic heterocycles. The molecule has 39 heavy (non-hydrogen) atoms. The van der Waals surface area contributed by atoms with Gasteiger partial charge < -0.3 is 0 Å². The molecule has 8 rings (SSSR count). The SMILES string of the molecule is Cc1ccc2c3ccc(C)cc3c3nc(-c4ccc(-c5ccc6sc7ccccc7c6c5)cc4)cnc3c2c1. The van der Waals surface area contributed by atoms with Crippen molar-refractivity contribution in [3.8, 4) is 22.4 Å². The highest BCUT2D eigenvalue weighted by Gasteiger charge is 2.13. The van der Waals surface area contributed by atoms with Gasteiger partial charge in [-0.1, -0.05) is 83.9 Å². The number of hydrogen-bond donors (Lipinski definition) is 0. The first-order chi connectivity index (χ1) is 19.1. The monoisotopic (exact) mass is 516 g/mol. The van der Waals surface area contributed by atoms with E-state index in [-0.39, 0.29) is 0 Å². The molecule has 0 aliphatic heterocycles. The Morgan fingerprint density at radius 1 is 0.487 bits per heavy atom. The number of hydrogen-bond acceptors (Lipinski definition) is 3. The van der Waals surface area contributed by atoms with Crippen molar-refractivity contribution in [2.45, 2.75) is 13.8 Å². The largest absolute Gasteiger partial charge is 0.252 e. The van der Waals surface area contributed by atoms with Gasteiger partial charge in [-0.25, -0.2) is 4.98 Å². The van der Waals surface area contributed by atoms with Gasteiger partial charge in [0.15, 0.2) is 0 Å². The molecule has 0 saturated carbocycles. The number of aromatic nitrogens is 2. The summed E-state index contributed by atoms with van der Waals surface area (Å²) in [7, 11) is 0. The van der Waals surface area contributed by atoms with Crippen LogP contribution in [0.1, 0.15) is 11.1 Å². The Bertz CT molecular complexity index is 2240. The lowest BCUT2D eigenvalue weighted by molar-refractivity contribution is 1.31. The number of thiophene rings is 1. The molecule has 0 saturated heterocycles. The Kier molecular flexibility index (Phi) is 4.85. The average molecular weight is 517 g/mol. The van der Waals surface area contributed by atoms with E-state index in [9.17, 15) is 0 Å². The van der Waals surface area contributed by atoms with Crippen molar-refractivity contribution in [2.24, 2.45) is 0 Å². The molecule has 0 bridgehead atoms. The minimum absolute atomic E-state index is 0.892. The van der Waals surface area contributed by atoms with Crippen LogP contribution in [-0.2, 0) is 0 Å². The van der Waals surface area contributed by atoms with Gasteiger partial charge in [0, 0.05) is 36.5 Å². The van der Waals surface area contributed by atoms with Crippen molar-refractivity contribution in [3.05, 3.63) is 120 Å². The van der Waals surface area contributed by atoms with E-state index < -0.39 is 0 Å². The molecule has 0 aliphatic rings. The number of fused-ring (bicyclic) bond motifs is 9. The Hall–Kier alpha value is -4.60. The average Bonchev–Trinajstić information content (AvgIpc) is 3.35. The normalized spacial score (nSPS) is 11.8. The van der Waals surface area contributed by atoms with Crippen LogP contribution in [0, 0.1) is 13.8 Å². The maximum absolute atomic E-state index is 5.20. The highest BCUT2D eigenvalue weighted by atomic mass is 32.1. The molecule has 3 heteroatoms. The van der Waals surface area contributed by atoms with Gasteiger partial charge in [0.25, 0.3) is 0 Å². The predicted molar refractivity (Wildman–Crippen MR) is 168 cm³/mol. The summed E-state index contributed by atoms with van der Waals surface area (Å²) >= 11 is 1.85. The van der Waals surface area contributed by atoms with Crippen LogP contribution >= 0.6 is 11.3 Å². The molecule has 2 nitrogen and oxygen atoms in total. The molecule has 0 radical (unpaired) electrons. The Labute approximate surface area is 230 Å². The molecule has 184 valence electrons. The number of aryl methyl sites for hydroxylation is 2. The lowest BCUT2D eigenvalue weighted by Gasteiger charge is -2.12. The second kappa shape index (κ2) is 8.45. The first-order valence-electron chi connectivity index (χ1n) is 13.2. The molecule has 0 aliphatic carbocycles. The zero-order chi connectivity index (χ0) is 26.1. The molecular formula is C36H24N2S. The molecule has 8 aromatic rings. The van der Waals surface area contributed by atoms with Crippen molar-refractivity contribution in [2.75, 3.05) is 0 Å². The summed E-state index contributed by atoms with van der Waals surface area (Å²) in [4.78, 5) is 10.2. The van der Waals surface area contributed by atoms with E-state index in [1.807, 2.05) is 17.5 Å². The van der Waals surface area contributed by atoms with Crippen LogP contribution in [0.3, 0.4) is 0 Å². The van der Waals surface area contributed by atoms with Gasteiger partial charge >= 0.3 is 0 Å². The smallest absolute Gasteiger partial charge is 0.0979 e. The van der Waals surface area contributed by atoms with Gasteiger partial charge in [0.1, 0.15) is 0 Å². The van der Waals surface area contributed by atoms with Crippen LogP contribution in [0.2, 0.25) is 0 Å². The summed E-state index contributed by atoms with van der Waals surface area (Å²) in [5.74, 6) is 0. The van der Waals surface area contributed by atoms with Crippen LogP contribution in [0.25, 0.3) is 75.1 Å². The fourth-order valence-electron chi connectivity index (χ4n) is 5.83. The van der Waals surface area contributed by atoms with Gasteiger partial charge in [0.2, 0.25) is 0 Å². The van der Waals surface area contributed by atoms with Crippen molar-refractivity contribution in [1.29, 1.82) is 0 Å². The fourth-order valence-corrected chi connectivity index (χ4v) is 6.92. The van der Waals surface area contributed by atoms with Crippen molar-refractivity contribution in [1.82, 2.24) is 9.97 Å². The third kappa shape index (κ3) is 3.54. The summed E-state index contributed by atoms with van der Waals surface area (Å²) < 4.78 is 2.66. The number of nitrogens with zero attached hydrogens (tertiary/aromatic N) is 2. The van der Waals surface area contributed by atoms with Crippen LogP contribution in [0.4, 0.5) is 0 Å². The van der Waals surface area contributed by atoms with Crippen molar-refractivity contribution >= 4 is 64.1 Å². The molecule has 0 amide bonds. The third-order valence-electron chi connectivity index (χ3n) is 7.81. The van der Waals surface area contributed by atoms with Gasteiger partial charge in [-0.3, -0.25) is 4.98 Å². The molecule has 0 unspecified atom stereocenters. The summed E-state index contributed by atoms with van der Waals surface area (Å²) in [6, 6.07) is 37.4. The molecule has 0 atom stereocenters. The van der Waals surface area contributed by atoms with Gasteiger partial charge in [-0.2, -0.15) is 0 Å². The van der Waals surface area contributed by atoms with E-state index in [4.69, 9.17) is 9.97 Å². The van der Waals surface area contributed by atoms with Crippen LogP contribution in [0.15, 0.2) is 109 Å². The third-order valence-corrected chi connectivity index (χ3v) is 8.97. The van der Waals surface area contributed by atoms with E-state index >= 15 is 0 Å². The quantitative estimate of drug-likeness (QED) is 0.214. The lowest BCUT2D eigenvalue weighted by atomic mass is 9.96. The zero-order valence-electron chi connectivity index (χ0n) is 21.7. The van der Waals surface area contributed by atoms with E-state index in [1.165, 1.54) is 53.2 Å².